The van der Waals surface area contributed by atoms with Gasteiger partial charge in [0.15, 0.2) is 0 Å². The summed E-state index contributed by atoms with van der Waals surface area (Å²) in [6.45, 7) is 2.20. The summed E-state index contributed by atoms with van der Waals surface area (Å²) in [7, 11) is 0. The monoisotopic (exact) mass is 209 g/mol. The van der Waals surface area contributed by atoms with Crippen molar-refractivity contribution in [2.75, 3.05) is 0 Å². The van der Waals surface area contributed by atoms with Crippen LogP contribution in [0.15, 0.2) is 22.9 Å². The van der Waals surface area contributed by atoms with E-state index in [0.717, 1.165) is 23.3 Å². The van der Waals surface area contributed by atoms with Gasteiger partial charge in [0.05, 0.1) is 0 Å². The van der Waals surface area contributed by atoms with Crippen LogP contribution in [-0.4, -0.2) is 16.1 Å². The number of hydrogen-bond donors (Lipinski definition) is 2. The molecule has 0 bridgehead atoms. The lowest BCUT2D eigenvalue weighted by Gasteiger charge is -2.31. The standard InChI is InChI=1S/C11H15NOS/c1-6-2-3-7-8(4-6)11(13)9(12)5-10(7)14/h5-6,11,13H,2-4,12H2,1H3. The Bertz CT molecular complexity index is 343. The van der Waals surface area contributed by atoms with Gasteiger partial charge >= 0.3 is 0 Å². The molecule has 0 saturated heterocycles. The first-order valence-corrected chi connectivity index (χ1v) is 5.41. The van der Waals surface area contributed by atoms with Gasteiger partial charge in [0.2, 0.25) is 0 Å². The van der Waals surface area contributed by atoms with Crippen LogP contribution in [0.25, 0.3) is 0 Å². The third-order valence-electron chi connectivity index (χ3n) is 3.08. The summed E-state index contributed by atoms with van der Waals surface area (Å²) < 4.78 is 0. The number of hydrogen-bond acceptors (Lipinski definition) is 3. The Kier molecular flexibility index (Phi) is 2.45. The van der Waals surface area contributed by atoms with Crippen molar-refractivity contribution in [1.29, 1.82) is 0 Å². The average molecular weight is 209 g/mol. The van der Waals surface area contributed by atoms with Crippen molar-refractivity contribution < 1.29 is 5.11 Å². The van der Waals surface area contributed by atoms with Gasteiger partial charge in [-0.1, -0.05) is 19.1 Å². The second kappa shape index (κ2) is 3.48. The highest BCUT2D eigenvalue weighted by Gasteiger charge is 2.29. The van der Waals surface area contributed by atoms with Crippen LogP contribution in [0.1, 0.15) is 26.2 Å². The minimum Gasteiger partial charge on any atom is -0.400 e. The molecule has 0 amide bonds. The third kappa shape index (κ3) is 1.51. The van der Waals surface area contributed by atoms with Crippen LogP contribution in [0.3, 0.4) is 0 Å². The van der Waals surface area contributed by atoms with Crippen molar-refractivity contribution >= 4 is 17.1 Å². The highest BCUT2D eigenvalue weighted by atomic mass is 32.1. The second-order valence-electron chi connectivity index (χ2n) is 4.26. The lowest BCUT2D eigenvalue weighted by atomic mass is 9.78. The van der Waals surface area contributed by atoms with Gasteiger partial charge in [-0.2, -0.15) is 0 Å². The average Bonchev–Trinajstić information content (AvgIpc) is 2.14. The zero-order chi connectivity index (χ0) is 10.3. The van der Waals surface area contributed by atoms with Crippen LogP contribution in [0.4, 0.5) is 0 Å². The first-order valence-electron chi connectivity index (χ1n) is 5.01. The predicted octanol–water partition coefficient (Wildman–Crippen LogP) is 1.69. The van der Waals surface area contributed by atoms with E-state index in [-0.39, 0.29) is 0 Å². The van der Waals surface area contributed by atoms with Gasteiger partial charge in [0.25, 0.3) is 0 Å². The zero-order valence-electron chi connectivity index (χ0n) is 8.29. The molecule has 0 aliphatic heterocycles. The Balaban J connectivity index is 2.37. The molecule has 76 valence electrons. The number of aliphatic hydroxyl groups is 1. The van der Waals surface area contributed by atoms with Crippen LogP contribution < -0.4 is 5.73 Å². The van der Waals surface area contributed by atoms with Gasteiger partial charge in [-0.3, -0.25) is 0 Å². The van der Waals surface area contributed by atoms with E-state index in [1.54, 1.807) is 6.08 Å². The number of thiocarbonyl (C=S) groups is 1. The van der Waals surface area contributed by atoms with Crippen molar-refractivity contribution in [3.05, 3.63) is 22.9 Å². The Labute approximate surface area is 89.5 Å². The van der Waals surface area contributed by atoms with E-state index < -0.39 is 6.10 Å². The smallest absolute Gasteiger partial charge is 0.115 e. The molecule has 0 aromatic carbocycles. The fourth-order valence-corrected chi connectivity index (χ4v) is 2.60. The summed E-state index contributed by atoms with van der Waals surface area (Å²) in [6, 6.07) is 0. The maximum atomic E-state index is 9.90. The van der Waals surface area contributed by atoms with E-state index in [4.69, 9.17) is 18.0 Å². The molecule has 3 N–H and O–H groups in total. The maximum absolute atomic E-state index is 9.90. The minimum atomic E-state index is -0.584. The van der Waals surface area contributed by atoms with Gasteiger partial charge in [-0.25, -0.2) is 0 Å². The molecule has 0 heterocycles. The van der Waals surface area contributed by atoms with Crippen molar-refractivity contribution in [2.24, 2.45) is 11.7 Å². The fraction of sp³-hybridized carbons (Fsp3) is 0.545. The number of aliphatic hydroxyl groups excluding tert-OH is 1. The van der Waals surface area contributed by atoms with E-state index in [1.165, 1.54) is 12.0 Å². The predicted molar refractivity (Wildman–Crippen MR) is 60.9 cm³/mol. The molecule has 2 nitrogen and oxygen atoms in total. The topological polar surface area (TPSA) is 46.2 Å². The van der Waals surface area contributed by atoms with Crippen LogP contribution in [0.5, 0.6) is 0 Å². The Morgan fingerprint density at radius 2 is 2.29 bits per heavy atom. The maximum Gasteiger partial charge on any atom is 0.115 e. The largest absolute Gasteiger partial charge is 0.400 e. The highest BCUT2D eigenvalue weighted by Crippen LogP contribution is 2.35. The lowest BCUT2D eigenvalue weighted by Crippen LogP contribution is -2.30. The molecule has 0 aromatic heterocycles. The summed E-state index contributed by atoms with van der Waals surface area (Å²) in [5, 5.41) is 9.90. The summed E-state index contributed by atoms with van der Waals surface area (Å²) in [6.07, 6.45) is 4.25. The molecule has 2 unspecified atom stereocenters. The molecule has 0 radical (unpaired) electrons. The molecule has 0 spiro atoms. The van der Waals surface area contributed by atoms with Gasteiger partial charge < -0.3 is 10.8 Å². The van der Waals surface area contributed by atoms with Gasteiger partial charge in [0, 0.05) is 10.6 Å². The molecule has 0 aromatic rings. The summed E-state index contributed by atoms with van der Waals surface area (Å²) in [5.74, 6) is 0.636. The minimum absolute atomic E-state index is 0.503. The molecule has 2 atom stereocenters. The molecular formula is C11H15NOS. The zero-order valence-corrected chi connectivity index (χ0v) is 9.10. The van der Waals surface area contributed by atoms with Gasteiger partial charge in [-0.05, 0) is 42.4 Å². The van der Waals surface area contributed by atoms with Gasteiger partial charge in [0.1, 0.15) is 6.10 Å². The molecule has 2 aliphatic rings. The number of nitrogens with two attached hydrogens (primary N) is 1. The van der Waals surface area contributed by atoms with Crippen LogP contribution >= 0.6 is 12.2 Å². The summed E-state index contributed by atoms with van der Waals surface area (Å²) >= 11 is 5.25. The SMILES string of the molecule is CC1CCC2=C(C1)C(O)C(N)=CC2=S. The Morgan fingerprint density at radius 1 is 1.57 bits per heavy atom. The molecule has 2 rings (SSSR count). The first-order chi connectivity index (χ1) is 6.59. The number of allylic oxidation sites excluding steroid dienone is 2. The normalized spacial score (nSPS) is 32.7. The number of rotatable bonds is 0. The van der Waals surface area contributed by atoms with Crippen LogP contribution in [0, 0.1) is 5.92 Å². The van der Waals surface area contributed by atoms with Crippen molar-refractivity contribution in [2.45, 2.75) is 32.3 Å². The Hall–Kier alpha value is -0.670. The summed E-state index contributed by atoms with van der Waals surface area (Å²) in [4.78, 5) is 0.828. The van der Waals surface area contributed by atoms with E-state index in [1.807, 2.05) is 0 Å². The van der Waals surface area contributed by atoms with E-state index in [9.17, 15) is 5.11 Å². The molecule has 14 heavy (non-hydrogen) atoms. The van der Waals surface area contributed by atoms with Crippen molar-refractivity contribution in [3.8, 4) is 0 Å². The van der Waals surface area contributed by atoms with E-state index >= 15 is 0 Å². The second-order valence-corrected chi connectivity index (χ2v) is 4.70. The quantitative estimate of drug-likeness (QED) is 0.597. The van der Waals surface area contributed by atoms with E-state index in [0.29, 0.717) is 11.6 Å². The highest BCUT2D eigenvalue weighted by molar-refractivity contribution is 7.81. The molecule has 0 fully saturated rings. The molecule has 2 aliphatic carbocycles. The first kappa shape index (κ1) is 9.87. The van der Waals surface area contributed by atoms with Crippen LogP contribution in [0.2, 0.25) is 0 Å². The summed E-state index contributed by atoms with van der Waals surface area (Å²) in [5.41, 5.74) is 8.44. The molecule has 3 heteroatoms. The van der Waals surface area contributed by atoms with Crippen molar-refractivity contribution in [3.63, 3.8) is 0 Å². The Morgan fingerprint density at radius 3 is 3.00 bits per heavy atom. The van der Waals surface area contributed by atoms with E-state index in [2.05, 4.69) is 6.92 Å². The fourth-order valence-electron chi connectivity index (χ4n) is 2.23. The van der Waals surface area contributed by atoms with Gasteiger partial charge in [-0.15, -0.1) is 0 Å². The molecule has 0 saturated carbocycles. The third-order valence-corrected chi connectivity index (χ3v) is 3.45. The lowest BCUT2D eigenvalue weighted by molar-refractivity contribution is 0.230. The molecular weight excluding hydrogens is 194 g/mol. The van der Waals surface area contributed by atoms with Crippen LogP contribution in [-0.2, 0) is 0 Å². The van der Waals surface area contributed by atoms with Crippen molar-refractivity contribution in [1.82, 2.24) is 0 Å².